The van der Waals surface area contributed by atoms with Crippen LogP contribution in [0.1, 0.15) is 28.1 Å². The highest BCUT2D eigenvalue weighted by Crippen LogP contribution is 2.30. The molecule has 21 heavy (non-hydrogen) atoms. The number of carbonyl (C=O) groups excluding carboxylic acids is 1. The number of thiophene rings is 1. The summed E-state index contributed by atoms with van der Waals surface area (Å²) < 4.78 is 0. The molecule has 1 aromatic carbocycles. The molecule has 1 aliphatic carbocycles. The largest absolute Gasteiger partial charge is 0.378 e. The molecule has 0 saturated heterocycles. The lowest BCUT2D eigenvalue weighted by Crippen LogP contribution is -2.32. The fraction of sp³-hybridized carbons (Fsp3) is 0.353. The summed E-state index contributed by atoms with van der Waals surface area (Å²) in [7, 11) is 4.01. The summed E-state index contributed by atoms with van der Waals surface area (Å²) in [6.07, 6.45) is 2.26. The van der Waals surface area contributed by atoms with Crippen molar-refractivity contribution in [1.82, 2.24) is 4.90 Å². The van der Waals surface area contributed by atoms with Crippen molar-refractivity contribution in [1.29, 1.82) is 0 Å². The second-order valence-electron chi connectivity index (χ2n) is 5.68. The Bertz CT molecular complexity index is 600. The Balaban J connectivity index is 1.77. The van der Waals surface area contributed by atoms with Crippen molar-refractivity contribution >= 4 is 22.9 Å². The van der Waals surface area contributed by atoms with Crippen LogP contribution in [0.4, 0.5) is 5.69 Å². The Morgan fingerprint density at radius 3 is 2.43 bits per heavy atom. The Morgan fingerprint density at radius 2 is 1.90 bits per heavy atom. The molecule has 1 amide bonds. The first-order valence-electron chi connectivity index (χ1n) is 7.26. The van der Waals surface area contributed by atoms with Gasteiger partial charge < -0.3 is 9.80 Å². The van der Waals surface area contributed by atoms with Gasteiger partial charge in [0.25, 0.3) is 5.91 Å². The van der Waals surface area contributed by atoms with Gasteiger partial charge in [-0.25, -0.2) is 0 Å². The third kappa shape index (κ3) is 3.27. The molecule has 0 bridgehead atoms. The van der Waals surface area contributed by atoms with Gasteiger partial charge >= 0.3 is 0 Å². The van der Waals surface area contributed by atoms with Crippen molar-refractivity contribution in [3.63, 3.8) is 0 Å². The maximum atomic E-state index is 12.8. The molecule has 110 valence electrons. The minimum atomic E-state index is 0.149. The molecular formula is C17H20N2OS. The summed E-state index contributed by atoms with van der Waals surface area (Å²) in [5.41, 5.74) is 1.90. The Kier molecular flexibility index (Phi) is 3.97. The number of hydrogen-bond acceptors (Lipinski definition) is 3. The number of amides is 1. The lowest BCUT2D eigenvalue weighted by Gasteiger charge is -2.22. The van der Waals surface area contributed by atoms with Crippen LogP contribution in [0.15, 0.2) is 41.8 Å². The van der Waals surface area contributed by atoms with Crippen molar-refractivity contribution in [3.05, 3.63) is 52.2 Å². The second-order valence-corrected chi connectivity index (χ2v) is 6.72. The minimum absolute atomic E-state index is 0.149. The van der Waals surface area contributed by atoms with E-state index in [4.69, 9.17) is 0 Å². The molecule has 1 fully saturated rings. The zero-order valence-electron chi connectivity index (χ0n) is 12.5. The van der Waals surface area contributed by atoms with E-state index in [1.54, 1.807) is 11.3 Å². The van der Waals surface area contributed by atoms with Crippen LogP contribution < -0.4 is 4.90 Å². The van der Waals surface area contributed by atoms with Crippen LogP contribution in [-0.4, -0.2) is 30.9 Å². The van der Waals surface area contributed by atoms with Crippen molar-refractivity contribution in [3.8, 4) is 0 Å². The molecule has 0 radical (unpaired) electrons. The zero-order chi connectivity index (χ0) is 14.8. The van der Waals surface area contributed by atoms with Crippen LogP contribution in [0, 0.1) is 0 Å². The molecule has 1 aliphatic rings. The topological polar surface area (TPSA) is 23.6 Å². The van der Waals surface area contributed by atoms with E-state index < -0.39 is 0 Å². The number of carbonyl (C=O) groups is 1. The maximum Gasteiger partial charge on any atom is 0.254 e. The normalized spacial score (nSPS) is 14.0. The molecule has 0 N–H and O–H groups in total. The van der Waals surface area contributed by atoms with Gasteiger partial charge in [-0.15, -0.1) is 11.3 Å². The van der Waals surface area contributed by atoms with Gasteiger partial charge in [-0.3, -0.25) is 4.79 Å². The van der Waals surface area contributed by atoms with Crippen LogP contribution in [0.5, 0.6) is 0 Å². The summed E-state index contributed by atoms with van der Waals surface area (Å²) in [6.45, 7) is 0.733. The molecule has 1 heterocycles. The van der Waals surface area contributed by atoms with E-state index in [2.05, 4.69) is 11.4 Å². The third-order valence-corrected chi connectivity index (χ3v) is 4.65. The van der Waals surface area contributed by atoms with E-state index in [0.717, 1.165) is 30.6 Å². The van der Waals surface area contributed by atoms with E-state index in [9.17, 15) is 4.79 Å². The third-order valence-electron chi connectivity index (χ3n) is 3.79. The molecule has 1 saturated carbocycles. The predicted molar refractivity (Wildman–Crippen MR) is 88.0 cm³/mol. The fourth-order valence-corrected chi connectivity index (χ4v) is 3.09. The highest BCUT2D eigenvalue weighted by molar-refractivity contribution is 7.09. The van der Waals surface area contributed by atoms with Gasteiger partial charge in [0.2, 0.25) is 0 Å². The lowest BCUT2D eigenvalue weighted by molar-refractivity contribution is 0.0731. The van der Waals surface area contributed by atoms with Gasteiger partial charge in [0.15, 0.2) is 0 Å². The minimum Gasteiger partial charge on any atom is -0.378 e. The van der Waals surface area contributed by atoms with Gasteiger partial charge in [-0.1, -0.05) is 6.07 Å². The molecule has 0 spiro atoms. The smallest absolute Gasteiger partial charge is 0.254 e. The highest BCUT2D eigenvalue weighted by atomic mass is 32.1. The molecule has 4 heteroatoms. The number of benzene rings is 1. The van der Waals surface area contributed by atoms with Crippen molar-refractivity contribution < 1.29 is 4.79 Å². The number of anilines is 1. The van der Waals surface area contributed by atoms with Gasteiger partial charge in [0, 0.05) is 36.3 Å². The first-order valence-corrected chi connectivity index (χ1v) is 8.14. The zero-order valence-corrected chi connectivity index (χ0v) is 13.3. The summed E-state index contributed by atoms with van der Waals surface area (Å²) in [5.74, 6) is 0.149. The first-order chi connectivity index (χ1) is 10.1. The molecule has 3 nitrogen and oxygen atoms in total. The number of nitrogens with zero attached hydrogens (tertiary/aromatic N) is 2. The maximum absolute atomic E-state index is 12.8. The highest BCUT2D eigenvalue weighted by Gasteiger charge is 2.33. The van der Waals surface area contributed by atoms with Crippen LogP contribution >= 0.6 is 11.3 Å². The molecule has 3 rings (SSSR count). The Hall–Kier alpha value is -1.81. The molecule has 2 aromatic rings. The lowest BCUT2D eigenvalue weighted by atomic mass is 10.1. The molecule has 0 aliphatic heterocycles. The molecular weight excluding hydrogens is 280 g/mol. The average Bonchev–Trinajstić information content (AvgIpc) is 3.20. The first kappa shape index (κ1) is 14.1. The van der Waals surface area contributed by atoms with Crippen LogP contribution in [-0.2, 0) is 6.54 Å². The predicted octanol–water partition coefficient (Wildman–Crippen LogP) is 3.62. The Labute approximate surface area is 129 Å². The summed E-state index contributed by atoms with van der Waals surface area (Å²) >= 11 is 1.71. The quantitative estimate of drug-likeness (QED) is 0.842. The average molecular weight is 300 g/mol. The second kappa shape index (κ2) is 5.90. The van der Waals surface area contributed by atoms with E-state index in [1.807, 2.05) is 54.2 Å². The van der Waals surface area contributed by atoms with Crippen molar-refractivity contribution in [2.75, 3.05) is 19.0 Å². The summed E-state index contributed by atoms with van der Waals surface area (Å²) in [5, 5.41) is 2.07. The van der Waals surface area contributed by atoms with E-state index >= 15 is 0 Å². The molecule has 0 atom stereocenters. The number of rotatable bonds is 5. The van der Waals surface area contributed by atoms with E-state index in [0.29, 0.717) is 6.04 Å². The fourth-order valence-electron chi connectivity index (χ4n) is 2.39. The molecule has 1 aromatic heterocycles. The van der Waals surface area contributed by atoms with Gasteiger partial charge in [-0.05, 0) is 48.6 Å². The van der Waals surface area contributed by atoms with Crippen LogP contribution in [0.3, 0.4) is 0 Å². The standard InChI is InChI=1S/C17H20N2OS/c1-18(2)14-7-5-13(6-8-14)17(20)19(15-9-10-15)12-16-4-3-11-21-16/h3-8,11,15H,9-10,12H2,1-2H3. The van der Waals surface area contributed by atoms with Gasteiger partial charge in [-0.2, -0.15) is 0 Å². The van der Waals surface area contributed by atoms with E-state index in [-0.39, 0.29) is 5.91 Å². The van der Waals surface area contributed by atoms with Crippen molar-refractivity contribution in [2.24, 2.45) is 0 Å². The van der Waals surface area contributed by atoms with Gasteiger partial charge in [0.1, 0.15) is 0 Å². The SMILES string of the molecule is CN(C)c1ccc(C(=O)N(Cc2cccs2)C2CC2)cc1. The monoisotopic (exact) mass is 300 g/mol. The molecule has 0 unspecified atom stereocenters. The summed E-state index contributed by atoms with van der Waals surface area (Å²) in [4.78, 5) is 18.1. The Morgan fingerprint density at radius 1 is 1.19 bits per heavy atom. The van der Waals surface area contributed by atoms with Crippen molar-refractivity contribution in [2.45, 2.75) is 25.4 Å². The van der Waals surface area contributed by atoms with E-state index in [1.165, 1.54) is 4.88 Å². The van der Waals surface area contributed by atoms with Gasteiger partial charge in [0.05, 0.1) is 6.54 Å². The number of hydrogen-bond donors (Lipinski definition) is 0. The summed E-state index contributed by atoms with van der Waals surface area (Å²) in [6, 6.07) is 12.4. The van der Waals surface area contributed by atoms with Crippen LogP contribution in [0.2, 0.25) is 0 Å². The van der Waals surface area contributed by atoms with Crippen LogP contribution in [0.25, 0.3) is 0 Å².